The molecule has 0 saturated heterocycles. The maximum absolute atomic E-state index is 12.5. The van der Waals surface area contributed by atoms with E-state index in [4.69, 9.17) is 8.83 Å². The zero-order valence-electron chi connectivity index (χ0n) is 12.4. The molecule has 9 heteroatoms. The summed E-state index contributed by atoms with van der Waals surface area (Å²) in [7, 11) is -3.84. The number of benzene rings is 2. The zero-order chi connectivity index (χ0) is 16.9. The third-order valence-electron chi connectivity index (χ3n) is 3.45. The van der Waals surface area contributed by atoms with Crippen molar-refractivity contribution in [1.29, 1.82) is 0 Å². The fourth-order valence-electron chi connectivity index (χ4n) is 2.41. The molecule has 4 aromatic rings. The van der Waals surface area contributed by atoms with Crippen LogP contribution in [0, 0.1) is 6.92 Å². The fourth-order valence-corrected chi connectivity index (χ4v) is 3.48. The average Bonchev–Trinajstić information content (AvgIpc) is 3.05. The van der Waals surface area contributed by atoms with Crippen molar-refractivity contribution in [2.24, 2.45) is 0 Å². The van der Waals surface area contributed by atoms with Gasteiger partial charge in [0.2, 0.25) is 0 Å². The maximum atomic E-state index is 12.5. The number of sulfonamides is 1. The van der Waals surface area contributed by atoms with Crippen LogP contribution in [0.3, 0.4) is 0 Å². The summed E-state index contributed by atoms with van der Waals surface area (Å²) >= 11 is 0. The molecule has 8 nitrogen and oxygen atoms in total. The van der Waals surface area contributed by atoms with Gasteiger partial charge < -0.3 is 8.83 Å². The summed E-state index contributed by atoms with van der Waals surface area (Å²) in [5.41, 5.74) is 2.08. The van der Waals surface area contributed by atoms with Gasteiger partial charge in [-0.1, -0.05) is 0 Å². The SMILES string of the molecule is Cc1nc2cc(NS(=O)(=O)c3ccc4[nH]c(=O)oc4c3)ccc2o1. The highest BCUT2D eigenvalue weighted by Crippen LogP contribution is 2.23. The van der Waals surface area contributed by atoms with Crippen LogP contribution in [0.2, 0.25) is 0 Å². The molecule has 2 N–H and O–H groups in total. The van der Waals surface area contributed by atoms with Crippen LogP contribution in [0.25, 0.3) is 22.2 Å². The van der Waals surface area contributed by atoms with Crippen LogP contribution in [-0.4, -0.2) is 18.4 Å². The Morgan fingerprint density at radius 3 is 2.75 bits per heavy atom. The summed E-state index contributed by atoms with van der Waals surface area (Å²) in [5, 5.41) is 0. The van der Waals surface area contributed by atoms with Gasteiger partial charge in [-0.05, 0) is 30.3 Å². The van der Waals surface area contributed by atoms with Gasteiger partial charge in [-0.15, -0.1) is 0 Å². The zero-order valence-corrected chi connectivity index (χ0v) is 13.2. The van der Waals surface area contributed by atoms with Crippen molar-refractivity contribution in [3.05, 3.63) is 52.8 Å². The Labute approximate surface area is 135 Å². The van der Waals surface area contributed by atoms with E-state index in [0.717, 1.165) is 0 Å². The summed E-state index contributed by atoms with van der Waals surface area (Å²) in [6.07, 6.45) is 0. The lowest BCUT2D eigenvalue weighted by atomic mass is 10.3. The van der Waals surface area contributed by atoms with Gasteiger partial charge >= 0.3 is 5.76 Å². The standard InChI is InChI=1S/C15H11N3O5S/c1-8-16-12-6-9(2-5-13(12)22-8)18-24(20,21)10-3-4-11-14(7-10)23-15(19)17-11/h2-7,18H,1H3,(H,17,19). The summed E-state index contributed by atoms with van der Waals surface area (Å²) in [6.45, 7) is 1.71. The molecule has 122 valence electrons. The van der Waals surface area contributed by atoms with Crippen LogP contribution in [-0.2, 0) is 10.0 Å². The molecule has 0 atom stereocenters. The first-order valence-corrected chi connectivity index (χ1v) is 8.42. The number of fused-ring (bicyclic) bond motifs is 2. The van der Waals surface area contributed by atoms with Crippen molar-refractivity contribution in [3.63, 3.8) is 0 Å². The molecule has 0 aliphatic rings. The monoisotopic (exact) mass is 345 g/mol. The van der Waals surface area contributed by atoms with Gasteiger partial charge in [0.25, 0.3) is 10.0 Å². The minimum Gasteiger partial charge on any atom is -0.441 e. The summed E-state index contributed by atoms with van der Waals surface area (Å²) in [4.78, 5) is 17.8. The molecule has 2 aromatic carbocycles. The van der Waals surface area contributed by atoms with E-state index in [2.05, 4.69) is 14.7 Å². The van der Waals surface area contributed by atoms with Crippen LogP contribution in [0.4, 0.5) is 5.69 Å². The van der Waals surface area contributed by atoms with Gasteiger partial charge in [0.1, 0.15) is 5.52 Å². The van der Waals surface area contributed by atoms with Crippen molar-refractivity contribution in [1.82, 2.24) is 9.97 Å². The van der Waals surface area contributed by atoms with Gasteiger partial charge in [0.15, 0.2) is 17.1 Å². The minimum atomic E-state index is -3.84. The van der Waals surface area contributed by atoms with Crippen LogP contribution >= 0.6 is 0 Å². The van der Waals surface area contributed by atoms with Crippen LogP contribution in [0.15, 0.2) is 54.9 Å². The molecule has 0 radical (unpaired) electrons. The third-order valence-corrected chi connectivity index (χ3v) is 4.83. The predicted molar refractivity (Wildman–Crippen MR) is 86.4 cm³/mol. The number of nitrogens with zero attached hydrogens (tertiary/aromatic N) is 1. The van der Waals surface area contributed by atoms with Gasteiger partial charge in [-0.25, -0.2) is 18.2 Å². The molecule has 0 spiro atoms. The molecule has 0 amide bonds. The molecule has 0 fully saturated rings. The highest BCUT2D eigenvalue weighted by Gasteiger charge is 2.17. The van der Waals surface area contributed by atoms with Gasteiger partial charge in [-0.3, -0.25) is 9.71 Å². The third kappa shape index (κ3) is 2.44. The van der Waals surface area contributed by atoms with Gasteiger partial charge in [0, 0.05) is 13.0 Å². The second kappa shape index (κ2) is 4.96. The number of anilines is 1. The predicted octanol–water partition coefficient (Wildman–Crippen LogP) is 2.37. The molecule has 0 aliphatic carbocycles. The number of aryl methyl sites for hydroxylation is 1. The van der Waals surface area contributed by atoms with E-state index >= 15 is 0 Å². The molecular weight excluding hydrogens is 334 g/mol. The minimum absolute atomic E-state index is 0.0193. The molecule has 2 heterocycles. The van der Waals surface area contributed by atoms with Crippen molar-refractivity contribution < 1.29 is 17.3 Å². The van der Waals surface area contributed by atoms with E-state index in [1.165, 1.54) is 18.2 Å². The fraction of sp³-hybridized carbons (Fsp3) is 0.0667. The Hall–Kier alpha value is -3.07. The molecule has 0 unspecified atom stereocenters. The summed E-state index contributed by atoms with van der Waals surface area (Å²) < 4.78 is 37.7. The second-order valence-electron chi connectivity index (χ2n) is 5.19. The lowest BCUT2D eigenvalue weighted by Gasteiger charge is -2.07. The van der Waals surface area contributed by atoms with E-state index in [0.29, 0.717) is 28.2 Å². The smallest absolute Gasteiger partial charge is 0.417 e. The van der Waals surface area contributed by atoms with E-state index in [-0.39, 0.29) is 10.5 Å². The molecule has 0 aliphatic heterocycles. The van der Waals surface area contributed by atoms with E-state index < -0.39 is 15.8 Å². The first-order valence-electron chi connectivity index (χ1n) is 6.94. The first kappa shape index (κ1) is 14.5. The summed E-state index contributed by atoms with van der Waals surface area (Å²) in [5.74, 6) is -0.141. The second-order valence-corrected chi connectivity index (χ2v) is 6.88. The Bertz CT molecular complexity index is 1230. The van der Waals surface area contributed by atoms with Crippen molar-refractivity contribution >= 4 is 37.9 Å². The largest absolute Gasteiger partial charge is 0.441 e. The molecule has 0 bridgehead atoms. The Morgan fingerprint density at radius 1 is 1.08 bits per heavy atom. The Kier molecular flexibility index (Phi) is 3.00. The highest BCUT2D eigenvalue weighted by molar-refractivity contribution is 7.92. The lowest BCUT2D eigenvalue weighted by Crippen LogP contribution is -2.12. The topological polar surface area (TPSA) is 118 Å². The molecule has 24 heavy (non-hydrogen) atoms. The van der Waals surface area contributed by atoms with Crippen LogP contribution < -0.4 is 10.5 Å². The van der Waals surface area contributed by atoms with Gasteiger partial charge in [-0.2, -0.15) is 0 Å². The van der Waals surface area contributed by atoms with E-state index in [1.54, 1.807) is 25.1 Å². The average molecular weight is 345 g/mol. The number of rotatable bonds is 3. The van der Waals surface area contributed by atoms with E-state index in [9.17, 15) is 13.2 Å². The Morgan fingerprint density at radius 2 is 1.92 bits per heavy atom. The number of hydrogen-bond acceptors (Lipinski definition) is 6. The number of aromatic amines is 1. The number of aromatic nitrogens is 2. The van der Waals surface area contributed by atoms with E-state index in [1.807, 2.05) is 0 Å². The highest BCUT2D eigenvalue weighted by atomic mass is 32.2. The quantitative estimate of drug-likeness (QED) is 0.588. The molecule has 4 rings (SSSR count). The van der Waals surface area contributed by atoms with Crippen LogP contribution in [0.5, 0.6) is 0 Å². The Balaban J connectivity index is 1.73. The number of oxazole rings is 2. The number of H-pyrrole nitrogens is 1. The van der Waals surface area contributed by atoms with Crippen LogP contribution in [0.1, 0.15) is 5.89 Å². The number of hydrogen-bond donors (Lipinski definition) is 2. The van der Waals surface area contributed by atoms with Crippen molar-refractivity contribution in [3.8, 4) is 0 Å². The lowest BCUT2D eigenvalue weighted by molar-refractivity contribution is 0.554. The maximum Gasteiger partial charge on any atom is 0.417 e. The first-order chi connectivity index (χ1) is 11.4. The van der Waals surface area contributed by atoms with Crippen molar-refractivity contribution in [2.45, 2.75) is 11.8 Å². The number of nitrogens with one attached hydrogen (secondary N) is 2. The molecular formula is C15H11N3O5S. The molecule has 0 saturated carbocycles. The normalized spacial score (nSPS) is 12.0. The summed E-state index contributed by atoms with van der Waals surface area (Å²) in [6, 6.07) is 8.95. The molecule has 2 aromatic heterocycles. The van der Waals surface area contributed by atoms with Crippen molar-refractivity contribution in [2.75, 3.05) is 4.72 Å². The van der Waals surface area contributed by atoms with Gasteiger partial charge in [0.05, 0.1) is 16.1 Å².